The Bertz CT molecular complexity index is 543. The number of H-pyrrole nitrogens is 1. The Morgan fingerprint density at radius 3 is 2.78 bits per heavy atom. The van der Waals surface area contributed by atoms with E-state index in [1.807, 2.05) is 6.07 Å². The summed E-state index contributed by atoms with van der Waals surface area (Å²) in [5, 5.41) is 3.81. The van der Waals surface area contributed by atoms with Gasteiger partial charge < -0.3 is 19.8 Å². The number of nitrogens with zero attached hydrogens (tertiary/aromatic N) is 1. The molecular formula is C12H12ClN3O2. The van der Waals surface area contributed by atoms with Crippen LogP contribution >= 0.6 is 11.6 Å². The molecule has 2 N–H and O–H groups in total. The molecule has 1 aromatic carbocycles. The SMILES string of the molecule is Clc1cc2c(cc1NCc1ncc[nH]1)OCCO2. The van der Waals surface area contributed by atoms with Crippen LogP contribution in [0.15, 0.2) is 24.5 Å². The number of aromatic amines is 1. The Morgan fingerprint density at radius 2 is 2.06 bits per heavy atom. The molecule has 0 aliphatic carbocycles. The van der Waals surface area contributed by atoms with E-state index in [2.05, 4.69) is 15.3 Å². The third-order valence-corrected chi connectivity index (χ3v) is 2.95. The highest BCUT2D eigenvalue weighted by atomic mass is 35.5. The summed E-state index contributed by atoms with van der Waals surface area (Å²) >= 11 is 6.17. The maximum Gasteiger partial charge on any atom is 0.163 e. The van der Waals surface area contributed by atoms with Crippen LogP contribution in [0.25, 0.3) is 0 Å². The molecule has 0 amide bonds. The van der Waals surface area contributed by atoms with Crippen molar-refractivity contribution in [1.82, 2.24) is 9.97 Å². The first-order valence-corrected chi connectivity index (χ1v) is 6.02. The molecule has 3 rings (SSSR count). The number of imidazole rings is 1. The van der Waals surface area contributed by atoms with Crippen LogP contribution in [0.5, 0.6) is 11.5 Å². The molecular weight excluding hydrogens is 254 g/mol. The van der Waals surface area contributed by atoms with E-state index in [1.54, 1.807) is 18.5 Å². The number of ether oxygens (including phenoxy) is 2. The van der Waals surface area contributed by atoms with Gasteiger partial charge in [0.1, 0.15) is 19.0 Å². The molecule has 0 unspecified atom stereocenters. The Kier molecular flexibility index (Phi) is 2.98. The summed E-state index contributed by atoms with van der Waals surface area (Å²) in [6.07, 6.45) is 3.49. The van der Waals surface area contributed by atoms with E-state index in [0.29, 0.717) is 36.3 Å². The fraction of sp³-hybridized carbons (Fsp3) is 0.250. The topological polar surface area (TPSA) is 59.2 Å². The zero-order valence-corrected chi connectivity index (χ0v) is 10.3. The minimum absolute atomic E-state index is 0.558. The maximum absolute atomic E-state index is 6.17. The smallest absolute Gasteiger partial charge is 0.163 e. The summed E-state index contributed by atoms with van der Waals surface area (Å²) in [4.78, 5) is 7.15. The van der Waals surface area contributed by atoms with Gasteiger partial charge in [-0.25, -0.2) is 4.98 Å². The van der Waals surface area contributed by atoms with Crippen molar-refractivity contribution in [3.63, 3.8) is 0 Å². The molecule has 94 valence electrons. The Morgan fingerprint density at radius 1 is 1.28 bits per heavy atom. The lowest BCUT2D eigenvalue weighted by Crippen LogP contribution is -2.15. The van der Waals surface area contributed by atoms with Gasteiger partial charge in [0.25, 0.3) is 0 Å². The van der Waals surface area contributed by atoms with Gasteiger partial charge in [-0.3, -0.25) is 0 Å². The molecule has 0 bridgehead atoms. The summed E-state index contributed by atoms with van der Waals surface area (Å²) in [7, 11) is 0. The average molecular weight is 266 g/mol. The van der Waals surface area contributed by atoms with Gasteiger partial charge >= 0.3 is 0 Å². The Balaban J connectivity index is 1.79. The number of hydrogen-bond acceptors (Lipinski definition) is 4. The normalized spacial score (nSPS) is 13.4. The molecule has 0 atom stereocenters. The molecule has 1 aliphatic rings. The summed E-state index contributed by atoms with van der Waals surface area (Å²) in [6.45, 7) is 1.70. The van der Waals surface area contributed by atoms with Crippen LogP contribution in [0.2, 0.25) is 5.02 Å². The predicted octanol–water partition coefficient (Wildman–Crippen LogP) is 2.45. The van der Waals surface area contributed by atoms with Gasteiger partial charge in [-0.1, -0.05) is 11.6 Å². The number of anilines is 1. The predicted molar refractivity (Wildman–Crippen MR) is 68.4 cm³/mol. The lowest BCUT2D eigenvalue weighted by Gasteiger charge is -2.20. The fourth-order valence-corrected chi connectivity index (χ4v) is 1.99. The first-order valence-electron chi connectivity index (χ1n) is 5.64. The van der Waals surface area contributed by atoms with Crippen molar-refractivity contribution < 1.29 is 9.47 Å². The largest absolute Gasteiger partial charge is 0.486 e. The fourth-order valence-electron chi connectivity index (χ4n) is 1.77. The lowest BCUT2D eigenvalue weighted by molar-refractivity contribution is 0.171. The number of hydrogen-bond donors (Lipinski definition) is 2. The molecule has 0 saturated heterocycles. The van der Waals surface area contributed by atoms with Crippen LogP contribution in [0.4, 0.5) is 5.69 Å². The van der Waals surface area contributed by atoms with E-state index in [-0.39, 0.29) is 0 Å². The highest BCUT2D eigenvalue weighted by Crippen LogP contribution is 2.37. The van der Waals surface area contributed by atoms with Crippen molar-refractivity contribution in [1.29, 1.82) is 0 Å². The second-order valence-electron chi connectivity index (χ2n) is 3.87. The van der Waals surface area contributed by atoms with Gasteiger partial charge in [0, 0.05) is 24.5 Å². The van der Waals surface area contributed by atoms with Gasteiger partial charge in [-0.2, -0.15) is 0 Å². The molecule has 1 aliphatic heterocycles. The second kappa shape index (κ2) is 4.78. The van der Waals surface area contributed by atoms with E-state index in [9.17, 15) is 0 Å². The number of nitrogens with one attached hydrogen (secondary N) is 2. The average Bonchev–Trinajstić information content (AvgIpc) is 2.89. The first-order chi connectivity index (χ1) is 8.83. The van der Waals surface area contributed by atoms with Gasteiger partial charge in [0.05, 0.1) is 17.3 Å². The molecule has 1 aromatic heterocycles. The maximum atomic E-state index is 6.17. The minimum Gasteiger partial charge on any atom is -0.486 e. The van der Waals surface area contributed by atoms with Crippen LogP contribution in [-0.4, -0.2) is 23.2 Å². The lowest BCUT2D eigenvalue weighted by atomic mass is 10.2. The molecule has 0 fully saturated rings. The van der Waals surface area contributed by atoms with Crippen LogP contribution < -0.4 is 14.8 Å². The van der Waals surface area contributed by atoms with E-state index in [0.717, 1.165) is 11.5 Å². The first kappa shape index (κ1) is 11.2. The van der Waals surface area contributed by atoms with Crippen molar-refractivity contribution in [3.05, 3.63) is 35.4 Å². The zero-order valence-electron chi connectivity index (χ0n) is 9.57. The summed E-state index contributed by atoms with van der Waals surface area (Å²) in [5.41, 5.74) is 0.803. The number of fused-ring (bicyclic) bond motifs is 1. The number of aromatic nitrogens is 2. The van der Waals surface area contributed by atoms with Crippen LogP contribution in [0, 0.1) is 0 Å². The number of rotatable bonds is 3. The molecule has 5 nitrogen and oxygen atoms in total. The van der Waals surface area contributed by atoms with E-state index in [1.165, 1.54) is 0 Å². The summed E-state index contributed by atoms with van der Waals surface area (Å²) in [5.74, 6) is 2.25. The van der Waals surface area contributed by atoms with Crippen LogP contribution in [-0.2, 0) is 6.54 Å². The molecule has 6 heteroatoms. The Labute approximate surface area is 109 Å². The third kappa shape index (κ3) is 2.22. The number of benzene rings is 1. The minimum atomic E-state index is 0.558. The quantitative estimate of drug-likeness (QED) is 0.895. The van der Waals surface area contributed by atoms with Crippen molar-refractivity contribution in [2.24, 2.45) is 0 Å². The van der Waals surface area contributed by atoms with E-state index >= 15 is 0 Å². The second-order valence-corrected chi connectivity index (χ2v) is 4.27. The highest BCUT2D eigenvalue weighted by Gasteiger charge is 2.14. The van der Waals surface area contributed by atoms with Crippen molar-refractivity contribution in [2.75, 3.05) is 18.5 Å². The van der Waals surface area contributed by atoms with Crippen LogP contribution in [0.3, 0.4) is 0 Å². The van der Waals surface area contributed by atoms with Crippen molar-refractivity contribution in [2.45, 2.75) is 6.54 Å². The van der Waals surface area contributed by atoms with Crippen LogP contribution in [0.1, 0.15) is 5.82 Å². The molecule has 0 spiro atoms. The molecule has 2 heterocycles. The molecule has 2 aromatic rings. The van der Waals surface area contributed by atoms with Gasteiger partial charge in [-0.15, -0.1) is 0 Å². The molecule has 18 heavy (non-hydrogen) atoms. The molecule has 0 saturated carbocycles. The third-order valence-electron chi connectivity index (χ3n) is 2.63. The van der Waals surface area contributed by atoms with Gasteiger partial charge in [0.2, 0.25) is 0 Å². The van der Waals surface area contributed by atoms with Gasteiger partial charge in [0.15, 0.2) is 11.5 Å². The number of halogens is 1. The molecule has 0 radical (unpaired) electrons. The van der Waals surface area contributed by atoms with Crippen molar-refractivity contribution >= 4 is 17.3 Å². The Hall–Kier alpha value is -1.88. The van der Waals surface area contributed by atoms with E-state index in [4.69, 9.17) is 21.1 Å². The summed E-state index contributed by atoms with van der Waals surface area (Å²) < 4.78 is 11.0. The standard InChI is InChI=1S/C12H12ClN3O2/c13-8-5-10-11(18-4-3-17-10)6-9(8)16-7-12-14-1-2-15-12/h1-2,5-6,16H,3-4,7H2,(H,14,15). The summed E-state index contributed by atoms with van der Waals surface area (Å²) in [6, 6.07) is 3.61. The van der Waals surface area contributed by atoms with Gasteiger partial charge in [-0.05, 0) is 0 Å². The highest BCUT2D eigenvalue weighted by molar-refractivity contribution is 6.33. The monoisotopic (exact) mass is 265 g/mol. The van der Waals surface area contributed by atoms with E-state index < -0.39 is 0 Å². The van der Waals surface area contributed by atoms with Crippen molar-refractivity contribution in [3.8, 4) is 11.5 Å². The zero-order chi connectivity index (χ0) is 12.4.